The molecule has 162 valence electrons. The molecular formula is C30H18BrNOS. The van der Waals surface area contributed by atoms with Gasteiger partial charge in [-0.05, 0) is 42.5 Å². The van der Waals surface area contributed by atoms with Crippen LogP contribution in [0.15, 0.2) is 118 Å². The summed E-state index contributed by atoms with van der Waals surface area (Å²) in [6.45, 7) is 0. The third-order valence-electron chi connectivity index (χ3n) is 6.30. The Labute approximate surface area is 208 Å². The monoisotopic (exact) mass is 519 g/mol. The van der Waals surface area contributed by atoms with Gasteiger partial charge in [0.05, 0.1) is 16.1 Å². The van der Waals surface area contributed by atoms with Crippen molar-refractivity contribution in [3.8, 4) is 0 Å². The largest absolute Gasteiger partial charge is 0.454 e. The second-order valence-corrected chi connectivity index (χ2v) is 10.3. The lowest BCUT2D eigenvalue weighted by Crippen LogP contribution is -2.10. The predicted molar refractivity (Wildman–Crippen MR) is 149 cm³/mol. The molecule has 7 aromatic rings. The molecule has 0 radical (unpaired) electrons. The summed E-state index contributed by atoms with van der Waals surface area (Å²) in [5.41, 5.74) is 5.04. The van der Waals surface area contributed by atoms with Crippen LogP contribution >= 0.6 is 27.3 Å². The molecule has 5 aromatic carbocycles. The average Bonchev–Trinajstić information content (AvgIpc) is 3.44. The number of nitrogens with zero attached hydrogens (tertiary/aromatic N) is 1. The summed E-state index contributed by atoms with van der Waals surface area (Å²) in [6.07, 6.45) is 0. The molecule has 2 heterocycles. The summed E-state index contributed by atoms with van der Waals surface area (Å²) < 4.78 is 10.0. The number of halogens is 1. The summed E-state index contributed by atoms with van der Waals surface area (Å²) in [5, 5.41) is 4.79. The molecule has 0 aliphatic heterocycles. The maximum atomic E-state index is 6.46. The van der Waals surface area contributed by atoms with Crippen LogP contribution in [-0.2, 0) is 0 Å². The molecule has 34 heavy (non-hydrogen) atoms. The quantitative estimate of drug-likeness (QED) is 0.230. The van der Waals surface area contributed by atoms with Crippen LogP contribution in [0.5, 0.6) is 0 Å². The van der Waals surface area contributed by atoms with Crippen molar-refractivity contribution in [3.05, 3.63) is 114 Å². The predicted octanol–water partition coefficient (Wildman–Crippen LogP) is 10.2. The summed E-state index contributed by atoms with van der Waals surface area (Å²) in [6, 6.07) is 38.3. The molecule has 0 aliphatic carbocycles. The first kappa shape index (κ1) is 19.8. The topological polar surface area (TPSA) is 16.4 Å². The molecule has 0 saturated carbocycles. The maximum absolute atomic E-state index is 6.46. The van der Waals surface area contributed by atoms with Crippen LogP contribution in [0.3, 0.4) is 0 Å². The van der Waals surface area contributed by atoms with Gasteiger partial charge < -0.3 is 9.32 Å². The molecule has 2 nitrogen and oxygen atoms in total. The van der Waals surface area contributed by atoms with Crippen molar-refractivity contribution in [1.82, 2.24) is 0 Å². The highest BCUT2D eigenvalue weighted by Gasteiger charge is 2.22. The fraction of sp³-hybridized carbons (Fsp3) is 0. The number of para-hydroxylation sites is 3. The minimum Gasteiger partial charge on any atom is -0.454 e. The van der Waals surface area contributed by atoms with Gasteiger partial charge >= 0.3 is 0 Å². The number of rotatable bonds is 3. The molecule has 0 unspecified atom stereocenters. The Morgan fingerprint density at radius 3 is 2.24 bits per heavy atom. The van der Waals surface area contributed by atoms with Crippen molar-refractivity contribution in [2.24, 2.45) is 0 Å². The van der Waals surface area contributed by atoms with Crippen LogP contribution in [0.1, 0.15) is 0 Å². The van der Waals surface area contributed by atoms with E-state index in [0.717, 1.165) is 43.5 Å². The second kappa shape index (κ2) is 7.73. The van der Waals surface area contributed by atoms with E-state index in [1.54, 1.807) is 0 Å². The highest BCUT2D eigenvalue weighted by Crippen LogP contribution is 2.48. The zero-order valence-electron chi connectivity index (χ0n) is 18.0. The summed E-state index contributed by atoms with van der Waals surface area (Å²) >= 11 is 5.63. The van der Waals surface area contributed by atoms with E-state index in [9.17, 15) is 0 Å². The van der Waals surface area contributed by atoms with Crippen molar-refractivity contribution in [1.29, 1.82) is 0 Å². The van der Waals surface area contributed by atoms with Crippen LogP contribution in [0.25, 0.3) is 42.1 Å². The van der Waals surface area contributed by atoms with Crippen LogP contribution in [0, 0.1) is 0 Å². The second-order valence-electron chi connectivity index (χ2n) is 8.32. The number of benzene rings is 5. The molecule has 7 rings (SSSR count). The third-order valence-corrected chi connectivity index (χ3v) is 7.97. The Morgan fingerprint density at radius 1 is 0.618 bits per heavy atom. The molecule has 2 aromatic heterocycles. The van der Waals surface area contributed by atoms with Gasteiger partial charge in [-0.15, -0.1) is 11.3 Å². The number of fused-ring (bicyclic) bond motifs is 6. The Kier molecular flexibility index (Phi) is 4.51. The lowest BCUT2D eigenvalue weighted by Gasteiger charge is -2.26. The minimum atomic E-state index is 0.891. The fourth-order valence-corrected chi connectivity index (χ4v) is 6.47. The highest BCUT2D eigenvalue weighted by molar-refractivity contribution is 9.10. The van der Waals surface area contributed by atoms with E-state index < -0.39 is 0 Å². The van der Waals surface area contributed by atoms with E-state index >= 15 is 0 Å². The zero-order valence-corrected chi connectivity index (χ0v) is 20.4. The van der Waals surface area contributed by atoms with Gasteiger partial charge in [0, 0.05) is 36.4 Å². The lowest BCUT2D eigenvalue weighted by atomic mass is 10.1. The van der Waals surface area contributed by atoms with Gasteiger partial charge in [0.25, 0.3) is 0 Å². The molecule has 0 amide bonds. The van der Waals surface area contributed by atoms with E-state index in [4.69, 9.17) is 4.42 Å². The fourth-order valence-electron chi connectivity index (χ4n) is 4.83. The Hall–Kier alpha value is -3.60. The number of hydrogen-bond acceptors (Lipinski definition) is 3. The molecule has 0 fully saturated rings. The van der Waals surface area contributed by atoms with Gasteiger partial charge in [-0.2, -0.15) is 0 Å². The normalized spacial score (nSPS) is 11.7. The van der Waals surface area contributed by atoms with Gasteiger partial charge in [-0.25, -0.2) is 0 Å². The molecule has 0 N–H and O–H groups in total. The first-order chi connectivity index (χ1) is 16.8. The van der Waals surface area contributed by atoms with Crippen LogP contribution in [-0.4, -0.2) is 0 Å². The molecule has 0 saturated heterocycles. The Morgan fingerprint density at radius 2 is 1.35 bits per heavy atom. The molecule has 0 spiro atoms. The van der Waals surface area contributed by atoms with Gasteiger partial charge in [-0.3, -0.25) is 0 Å². The average molecular weight is 520 g/mol. The van der Waals surface area contributed by atoms with Crippen LogP contribution in [0.4, 0.5) is 17.1 Å². The SMILES string of the molecule is Brc1cc(N(c2ccccc2)c2cccc3c2oc2ccccc23)c2sc3ccccc3c2c1. The standard InChI is InChI=1S/C30H18BrNOS/c31-19-17-24-22-12-5-7-16-28(22)34-30(24)26(18-19)32(20-9-2-1-3-10-20)25-14-8-13-23-21-11-4-6-15-27(21)33-29(23)25/h1-18H. The van der Waals surface area contributed by atoms with Gasteiger partial charge in [0.1, 0.15) is 5.58 Å². The molecular weight excluding hydrogens is 502 g/mol. The van der Waals surface area contributed by atoms with Crippen LogP contribution < -0.4 is 4.90 Å². The zero-order chi connectivity index (χ0) is 22.6. The first-order valence-electron chi connectivity index (χ1n) is 11.1. The van der Waals surface area contributed by atoms with Crippen molar-refractivity contribution in [2.45, 2.75) is 0 Å². The molecule has 0 bridgehead atoms. The van der Waals surface area contributed by atoms with Crippen molar-refractivity contribution in [2.75, 3.05) is 4.90 Å². The number of anilines is 3. The first-order valence-corrected chi connectivity index (χ1v) is 12.7. The van der Waals surface area contributed by atoms with Gasteiger partial charge in [0.2, 0.25) is 0 Å². The Balaban J connectivity index is 1.60. The number of furan rings is 1. The molecule has 4 heteroatoms. The summed E-state index contributed by atoms with van der Waals surface area (Å²) in [7, 11) is 0. The smallest absolute Gasteiger partial charge is 0.159 e. The minimum absolute atomic E-state index is 0.891. The molecule has 0 aliphatic rings. The lowest BCUT2D eigenvalue weighted by molar-refractivity contribution is 0.669. The van der Waals surface area contributed by atoms with Crippen molar-refractivity contribution >= 4 is 86.4 Å². The highest BCUT2D eigenvalue weighted by atomic mass is 79.9. The van der Waals surface area contributed by atoms with Gasteiger partial charge in [0.15, 0.2) is 5.58 Å². The van der Waals surface area contributed by atoms with E-state index in [2.05, 4.69) is 118 Å². The maximum Gasteiger partial charge on any atom is 0.159 e. The summed E-state index contributed by atoms with van der Waals surface area (Å²) in [4.78, 5) is 2.33. The Bertz CT molecular complexity index is 1830. The van der Waals surface area contributed by atoms with E-state index in [0.29, 0.717) is 0 Å². The number of thiophene rings is 1. The van der Waals surface area contributed by atoms with Crippen LogP contribution in [0.2, 0.25) is 0 Å². The third kappa shape index (κ3) is 2.99. The number of hydrogen-bond donors (Lipinski definition) is 0. The van der Waals surface area contributed by atoms with Crippen molar-refractivity contribution in [3.63, 3.8) is 0 Å². The van der Waals surface area contributed by atoms with Crippen molar-refractivity contribution < 1.29 is 4.42 Å². The van der Waals surface area contributed by atoms with Gasteiger partial charge in [-0.1, -0.05) is 82.7 Å². The summed E-state index contributed by atoms with van der Waals surface area (Å²) in [5.74, 6) is 0. The van der Waals surface area contributed by atoms with E-state index in [-0.39, 0.29) is 0 Å². The van der Waals surface area contributed by atoms with E-state index in [1.165, 1.54) is 20.2 Å². The van der Waals surface area contributed by atoms with E-state index in [1.807, 2.05) is 23.5 Å². The molecule has 0 atom stereocenters.